The minimum Gasteiger partial charge on any atom is -0.378 e. The molecule has 0 bridgehead atoms. The van der Waals surface area contributed by atoms with E-state index in [4.69, 9.17) is 18.6 Å². The van der Waals surface area contributed by atoms with Gasteiger partial charge >= 0.3 is 0 Å². The number of allylic oxidation sites excluding steroid dienone is 2. The highest BCUT2D eigenvalue weighted by atomic mass is 35.7. The molecule has 0 saturated carbocycles. The summed E-state index contributed by atoms with van der Waals surface area (Å²) in [5.41, 5.74) is 3.80. The molecule has 0 spiro atoms. The first-order valence-corrected chi connectivity index (χ1v) is 11.1. The Balaban J connectivity index is 0.000000537. The van der Waals surface area contributed by atoms with Crippen molar-refractivity contribution in [2.75, 3.05) is 30.4 Å². The van der Waals surface area contributed by atoms with Crippen molar-refractivity contribution in [3.8, 4) is 0 Å². The lowest BCUT2D eigenvalue weighted by Crippen LogP contribution is -2.58. The molecule has 1 aliphatic rings. The van der Waals surface area contributed by atoms with E-state index in [1.807, 2.05) is 11.8 Å². The number of hydrogen-bond acceptors (Lipinski definition) is 7. The Morgan fingerprint density at radius 3 is 2.28 bits per heavy atom. The zero-order valence-corrected chi connectivity index (χ0v) is 18.1. The van der Waals surface area contributed by atoms with Crippen molar-refractivity contribution >= 4 is 29.2 Å². The van der Waals surface area contributed by atoms with Crippen LogP contribution in [0.3, 0.4) is 0 Å². The summed E-state index contributed by atoms with van der Waals surface area (Å²) in [7, 11) is -0.575. The zero-order chi connectivity index (χ0) is 21.4. The van der Waals surface area contributed by atoms with Gasteiger partial charge in [0.05, 0.1) is 26.0 Å². The van der Waals surface area contributed by atoms with Crippen LogP contribution >= 0.6 is 11.8 Å². The van der Waals surface area contributed by atoms with Crippen LogP contribution in [0.25, 0.3) is 6.08 Å². The predicted molar refractivity (Wildman–Crippen MR) is 110 cm³/mol. The number of fused-ring (bicyclic) bond motifs is 1. The average Bonchev–Trinajstić information content (AvgIpc) is 3.01. The van der Waals surface area contributed by atoms with Gasteiger partial charge in [-0.15, -0.1) is 0 Å². The molecule has 3 rings (SSSR count). The van der Waals surface area contributed by atoms with Crippen LogP contribution in [-0.2, 0) is 0 Å². The van der Waals surface area contributed by atoms with E-state index < -0.39 is 10.2 Å². The van der Waals surface area contributed by atoms with Gasteiger partial charge in [-0.1, -0.05) is 60.3 Å². The SMILES string of the molecule is CCN1c2ccccc2SC1C=CC=Cc1ccc(N(C)C)cc1.[O-][Cl+3]([O-])([O-])O. The highest BCUT2D eigenvalue weighted by Crippen LogP contribution is 2.43. The number of thioether (sulfide) groups is 1. The Labute approximate surface area is 178 Å². The number of nitrogens with zero attached hydrogens (tertiary/aromatic N) is 2. The molecular weight excluding hydrogens is 412 g/mol. The molecule has 8 heteroatoms. The second-order valence-electron chi connectivity index (χ2n) is 6.39. The molecule has 2 aromatic rings. The van der Waals surface area contributed by atoms with Gasteiger partial charge in [-0.2, -0.15) is 14.0 Å². The number of likely N-dealkylation sites (N-methyl/N-ethyl adjacent to an activating group) is 1. The van der Waals surface area contributed by atoms with E-state index >= 15 is 0 Å². The molecule has 29 heavy (non-hydrogen) atoms. The fraction of sp³-hybridized carbons (Fsp3) is 0.238. The van der Waals surface area contributed by atoms with Crippen molar-refractivity contribution in [2.24, 2.45) is 0 Å². The number of halogens is 1. The molecule has 1 atom stereocenters. The van der Waals surface area contributed by atoms with Gasteiger partial charge < -0.3 is 9.80 Å². The standard InChI is InChI=1S/C21H24N2S.ClHO4/c1-4-23-19-10-6-7-11-20(19)24-21(23)12-8-5-9-17-13-15-18(16-14-17)22(2)3;2-1(3,4)5/h5-16,21H,4H2,1-3H3;(H,2,3,4,5). The van der Waals surface area contributed by atoms with Crippen molar-refractivity contribution in [3.05, 3.63) is 72.3 Å². The first-order valence-electron chi connectivity index (χ1n) is 8.97. The van der Waals surface area contributed by atoms with E-state index in [0.29, 0.717) is 5.37 Å². The lowest BCUT2D eigenvalue weighted by atomic mass is 10.2. The molecule has 1 N–H and O–H groups in total. The summed E-state index contributed by atoms with van der Waals surface area (Å²) in [6.45, 7) is 3.24. The lowest BCUT2D eigenvalue weighted by Gasteiger charge is -2.22. The Bertz CT molecular complexity index is 829. The van der Waals surface area contributed by atoms with E-state index in [-0.39, 0.29) is 0 Å². The van der Waals surface area contributed by atoms with E-state index in [2.05, 4.69) is 104 Å². The van der Waals surface area contributed by atoms with Crippen molar-refractivity contribution in [2.45, 2.75) is 17.2 Å². The Hall–Kier alpha value is -2.00. The Morgan fingerprint density at radius 1 is 1.07 bits per heavy atom. The number of hydrogen-bond donors (Lipinski definition) is 1. The summed E-state index contributed by atoms with van der Waals surface area (Å²) in [6.07, 6.45) is 8.71. The summed E-state index contributed by atoms with van der Waals surface area (Å²) >= 11 is 1.92. The first-order chi connectivity index (χ1) is 13.7. The third kappa shape index (κ3) is 7.74. The van der Waals surface area contributed by atoms with E-state index in [1.165, 1.54) is 21.8 Å². The van der Waals surface area contributed by atoms with Crippen molar-refractivity contribution < 1.29 is 28.9 Å². The van der Waals surface area contributed by atoms with Crippen LogP contribution in [0.15, 0.2) is 71.7 Å². The number of para-hydroxylation sites is 1. The van der Waals surface area contributed by atoms with Gasteiger partial charge in [0.25, 0.3) is 0 Å². The topological polar surface area (TPSA) is 95.9 Å². The summed E-state index contributed by atoms with van der Waals surface area (Å²) in [4.78, 5) is 5.93. The average molecular weight is 437 g/mol. The van der Waals surface area contributed by atoms with Crippen molar-refractivity contribution in [1.82, 2.24) is 0 Å². The maximum Gasteiger partial charge on any atom is 0.0985 e. The molecule has 6 nitrogen and oxygen atoms in total. The maximum absolute atomic E-state index is 8.60. The highest BCUT2D eigenvalue weighted by molar-refractivity contribution is 8.00. The predicted octanol–water partition coefficient (Wildman–Crippen LogP) is 1.16. The highest BCUT2D eigenvalue weighted by Gasteiger charge is 2.26. The van der Waals surface area contributed by atoms with Crippen LogP contribution in [0.4, 0.5) is 11.4 Å². The van der Waals surface area contributed by atoms with Gasteiger partial charge in [-0.05, 0) is 36.8 Å². The molecule has 1 heterocycles. The fourth-order valence-electron chi connectivity index (χ4n) is 2.83. The molecule has 0 saturated heterocycles. The first kappa shape index (κ1) is 23.3. The van der Waals surface area contributed by atoms with Crippen molar-refractivity contribution in [1.29, 1.82) is 0 Å². The second kappa shape index (κ2) is 10.7. The third-order valence-electron chi connectivity index (χ3n) is 4.16. The molecule has 0 aliphatic carbocycles. The summed E-state index contributed by atoms with van der Waals surface area (Å²) in [5, 5.41) is 0.383. The molecule has 2 aromatic carbocycles. The van der Waals surface area contributed by atoms with Gasteiger partial charge in [-0.3, -0.25) is 0 Å². The van der Waals surface area contributed by atoms with Crippen LogP contribution < -0.4 is 23.8 Å². The lowest BCUT2D eigenvalue weighted by molar-refractivity contribution is -1.92. The molecule has 0 radical (unpaired) electrons. The van der Waals surface area contributed by atoms with Crippen LogP contribution in [0.1, 0.15) is 12.5 Å². The normalized spacial score (nSPS) is 16.1. The monoisotopic (exact) mass is 436 g/mol. The molecular formula is C21H25ClN2O4S. The minimum atomic E-state index is -4.69. The molecule has 1 unspecified atom stereocenters. The second-order valence-corrected chi connectivity index (χ2v) is 8.34. The van der Waals surface area contributed by atoms with Crippen molar-refractivity contribution in [3.63, 3.8) is 0 Å². The van der Waals surface area contributed by atoms with Gasteiger partial charge in [0.15, 0.2) is 0 Å². The van der Waals surface area contributed by atoms with Gasteiger partial charge in [-0.25, -0.2) is 0 Å². The largest absolute Gasteiger partial charge is 0.378 e. The maximum atomic E-state index is 8.60. The minimum absolute atomic E-state index is 0.383. The number of anilines is 2. The van der Waals surface area contributed by atoms with Gasteiger partial charge in [0.2, 0.25) is 0 Å². The molecule has 0 fully saturated rings. The Morgan fingerprint density at radius 2 is 1.69 bits per heavy atom. The van der Waals surface area contributed by atoms with Crippen LogP contribution in [0, 0.1) is 10.2 Å². The summed E-state index contributed by atoms with van der Waals surface area (Å²) < 4.78 is 32.7. The fourth-order valence-corrected chi connectivity index (χ4v) is 4.11. The van der Waals surface area contributed by atoms with Gasteiger partial charge in [0, 0.05) is 31.2 Å². The summed E-state index contributed by atoms with van der Waals surface area (Å²) in [6, 6.07) is 17.2. The molecule has 0 amide bonds. The van der Waals surface area contributed by atoms with Crippen LogP contribution in [0.2, 0.25) is 0 Å². The van der Waals surface area contributed by atoms with Crippen LogP contribution in [0.5, 0.6) is 0 Å². The number of benzene rings is 2. The summed E-state index contributed by atoms with van der Waals surface area (Å²) in [5.74, 6) is 0. The van der Waals surface area contributed by atoms with Gasteiger partial charge in [0.1, 0.15) is 0 Å². The van der Waals surface area contributed by atoms with E-state index in [9.17, 15) is 0 Å². The van der Waals surface area contributed by atoms with E-state index in [1.54, 1.807) is 0 Å². The number of rotatable bonds is 5. The molecule has 156 valence electrons. The quantitative estimate of drug-likeness (QED) is 0.702. The molecule has 1 aliphatic heterocycles. The van der Waals surface area contributed by atoms with E-state index in [0.717, 1.165) is 6.54 Å². The zero-order valence-electron chi connectivity index (χ0n) is 16.6. The third-order valence-corrected chi connectivity index (χ3v) is 5.41. The van der Waals surface area contributed by atoms with Crippen LogP contribution in [-0.4, -0.2) is 30.7 Å². The smallest absolute Gasteiger partial charge is 0.0985 e. The molecule has 0 aromatic heterocycles. The Kier molecular flexibility index (Phi) is 8.58.